The van der Waals surface area contributed by atoms with E-state index in [0.717, 1.165) is 0 Å². The Morgan fingerprint density at radius 1 is 1.35 bits per heavy atom. The minimum Gasteiger partial charge on any atom is -0.495 e. The third-order valence-corrected chi connectivity index (χ3v) is 5.57. The summed E-state index contributed by atoms with van der Waals surface area (Å²) in [5.74, 6) is 0.439. The van der Waals surface area contributed by atoms with Gasteiger partial charge in [-0.05, 0) is 30.0 Å². The fraction of sp³-hybridized carbons (Fsp3) is 0.231. The van der Waals surface area contributed by atoms with E-state index in [4.69, 9.17) is 4.74 Å². The van der Waals surface area contributed by atoms with Gasteiger partial charge in [-0.15, -0.1) is 11.3 Å². The standard InChI is InChI=1S/C13H15NO4S2/c1-9-8-19-12(7-15)13(9)20(16,17)14-10-5-3-4-6-11(10)18-2/h3-6,8,14-15H,7H2,1-2H3. The molecule has 1 heterocycles. The lowest BCUT2D eigenvalue weighted by Gasteiger charge is -2.12. The molecule has 1 aromatic heterocycles. The third-order valence-electron chi connectivity index (χ3n) is 2.75. The number of rotatable bonds is 5. The number of hydrogen-bond donors (Lipinski definition) is 2. The van der Waals surface area contributed by atoms with Crippen molar-refractivity contribution in [3.05, 3.63) is 40.1 Å². The zero-order valence-corrected chi connectivity index (χ0v) is 12.7. The van der Waals surface area contributed by atoms with Crippen molar-refractivity contribution in [1.82, 2.24) is 0 Å². The molecule has 0 saturated heterocycles. The van der Waals surface area contributed by atoms with E-state index in [2.05, 4.69) is 4.72 Å². The SMILES string of the molecule is COc1ccccc1NS(=O)(=O)c1c(C)csc1CO. The summed E-state index contributed by atoms with van der Waals surface area (Å²) in [6.45, 7) is 1.40. The Labute approximate surface area is 121 Å². The van der Waals surface area contributed by atoms with Gasteiger partial charge in [0.1, 0.15) is 10.6 Å². The quantitative estimate of drug-likeness (QED) is 0.888. The van der Waals surface area contributed by atoms with Gasteiger partial charge in [0.05, 0.1) is 24.3 Å². The van der Waals surface area contributed by atoms with Crippen molar-refractivity contribution in [1.29, 1.82) is 0 Å². The smallest absolute Gasteiger partial charge is 0.263 e. The molecule has 1 aromatic carbocycles. The molecule has 0 saturated carbocycles. The van der Waals surface area contributed by atoms with E-state index in [1.807, 2.05) is 0 Å². The summed E-state index contributed by atoms with van der Waals surface area (Å²) in [5, 5.41) is 11.0. The zero-order chi connectivity index (χ0) is 14.8. The van der Waals surface area contributed by atoms with Crippen molar-refractivity contribution >= 4 is 27.0 Å². The van der Waals surface area contributed by atoms with Crippen LogP contribution in [0.4, 0.5) is 5.69 Å². The molecule has 2 N–H and O–H groups in total. The minimum atomic E-state index is -3.76. The highest BCUT2D eigenvalue weighted by Crippen LogP contribution is 2.31. The van der Waals surface area contributed by atoms with E-state index in [9.17, 15) is 13.5 Å². The molecule has 2 rings (SSSR count). The van der Waals surface area contributed by atoms with Crippen LogP contribution in [0.15, 0.2) is 34.5 Å². The number of benzene rings is 1. The van der Waals surface area contributed by atoms with E-state index in [1.165, 1.54) is 18.4 Å². The highest BCUT2D eigenvalue weighted by atomic mass is 32.2. The Morgan fingerprint density at radius 2 is 2.05 bits per heavy atom. The van der Waals surface area contributed by atoms with Crippen molar-refractivity contribution in [2.24, 2.45) is 0 Å². The number of para-hydroxylation sites is 2. The molecule has 0 radical (unpaired) electrons. The molecule has 0 aliphatic carbocycles. The molecule has 108 valence electrons. The highest BCUT2D eigenvalue weighted by Gasteiger charge is 2.23. The molecule has 5 nitrogen and oxygen atoms in total. The van der Waals surface area contributed by atoms with Crippen LogP contribution < -0.4 is 9.46 Å². The van der Waals surface area contributed by atoms with Crippen LogP contribution in [-0.4, -0.2) is 20.6 Å². The lowest BCUT2D eigenvalue weighted by Crippen LogP contribution is -2.15. The number of methoxy groups -OCH3 is 1. The summed E-state index contributed by atoms with van der Waals surface area (Å²) in [7, 11) is -2.28. The molecule has 0 aliphatic rings. The molecule has 0 bridgehead atoms. The molecule has 0 atom stereocenters. The van der Waals surface area contributed by atoms with Gasteiger partial charge in [0.15, 0.2) is 0 Å². The second-order valence-corrected chi connectivity index (χ2v) is 6.72. The summed E-state index contributed by atoms with van der Waals surface area (Å²) in [6.07, 6.45) is 0. The van der Waals surface area contributed by atoms with Gasteiger partial charge in [-0.2, -0.15) is 0 Å². The van der Waals surface area contributed by atoms with E-state index in [1.54, 1.807) is 36.6 Å². The van der Waals surface area contributed by atoms with E-state index in [0.29, 0.717) is 21.9 Å². The molecule has 0 unspecified atom stereocenters. The molecule has 20 heavy (non-hydrogen) atoms. The molecular weight excluding hydrogens is 298 g/mol. The maximum absolute atomic E-state index is 12.5. The number of thiophene rings is 1. The zero-order valence-electron chi connectivity index (χ0n) is 11.1. The van der Waals surface area contributed by atoms with Gasteiger partial charge < -0.3 is 9.84 Å². The minimum absolute atomic E-state index is 0.135. The maximum Gasteiger partial charge on any atom is 0.263 e. The number of nitrogens with one attached hydrogen (secondary N) is 1. The predicted molar refractivity (Wildman–Crippen MR) is 78.8 cm³/mol. The van der Waals surface area contributed by atoms with Crippen LogP contribution in [0.25, 0.3) is 0 Å². The van der Waals surface area contributed by atoms with E-state index < -0.39 is 10.0 Å². The van der Waals surface area contributed by atoms with Crippen LogP contribution in [0.1, 0.15) is 10.4 Å². The summed E-state index contributed by atoms with van der Waals surface area (Å²) >= 11 is 1.22. The van der Waals surface area contributed by atoms with Crippen molar-refractivity contribution in [3.8, 4) is 5.75 Å². The van der Waals surface area contributed by atoms with Crippen LogP contribution in [0.5, 0.6) is 5.75 Å². The van der Waals surface area contributed by atoms with E-state index in [-0.39, 0.29) is 11.5 Å². The van der Waals surface area contributed by atoms with Gasteiger partial charge in [0.2, 0.25) is 0 Å². The van der Waals surface area contributed by atoms with Gasteiger partial charge in [-0.1, -0.05) is 12.1 Å². The predicted octanol–water partition coefficient (Wildman–Crippen LogP) is 2.36. The number of aliphatic hydroxyl groups excluding tert-OH is 1. The monoisotopic (exact) mass is 313 g/mol. The van der Waals surface area contributed by atoms with Crippen LogP contribution in [0.3, 0.4) is 0 Å². The Bertz CT molecular complexity index is 707. The average molecular weight is 313 g/mol. The largest absolute Gasteiger partial charge is 0.495 e. The lowest BCUT2D eigenvalue weighted by molar-refractivity contribution is 0.282. The molecule has 0 fully saturated rings. The summed E-state index contributed by atoms with van der Waals surface area (Å²) < 4.78 is 32.5. The maximum atomic E-state index is 12.5. The second-order valence-electron chi connectivity index (χ2n) is 4.13. The first-order valence-electron chi connectivity index (χ1n) is 5.83. The fourth-order valence-corrected chi connectivity index (χ4v) is 4.62. The van der Waals surface area contributed by atoms with Crippen LogP contribution >= 0.6 is 11.3 Å². The van der Waals surface area contributed by atoms with Crippen molar-refractivity contribution in [2.75, 3.05) is 11.8 Å². The second kappa shape index (κ2) is 5.82. The van der Waals surface area contributed by atoms with Gasteiger partial charge >= 0.3 is 0 Å². The third kappa shape index (κ3) is 2.79. The molecule has 7 heteroatoms. The van der Waals surface area contributed by atoms with Crippen molar-refractivity contribution in [2.45, 2.75) is 18.4 Å². The average Bonchev–Trinajstić information content (AvgIpc) is 2.81. The number of aliphatic hydroxyl groups is 1. The summed E-state index contributed by atoms with van der Waals surface area (Å²) in [4.78, 5) is 0.556. The summed E-state index contributed by atoms with van der Waals surface area (Å²) in [5.41, 5.74) is 0.978. The number of anilines is 1. The topological polar surface area (TPSA) is 75.6 Å². The molecule has 0 aliphatic heterocycles. The van der Waals surface area contributed by atoms with Crippen LogP contribution in [0, 0.1) is 6.92 Å². The number of aryl methyl sites for hydroxylation is 1. The fourth-order valence-electron chi connectivity index (χ4n) is 1.88. The van der Waals surface area contributed by atoms with Crippen LogP contribution in [-0.2, 0) is 16.6 Å². The first kappa shape index (κ1) is 14.8. The van der Waals surface area contributed by atoms with Gasteiger partial charge in [0.25, 0.3) is 10.0 Å². The Balaban J connectivity index is 2.44. The van der Waals surface area contributed by atoms with Crippen LogP contribution in [0.2, 0.25) is 0 Å². The van der Waals surface area contributed by atoms with Crippen molar-refractivity contribution in [3.63, 3.8) is 0 Å². The number of sulfonamides is 1. The summed E-state index contributed by atoms with van der Waals surface area (Å²) in [6, 6.07) is 6.77. The first-order chi connectivity index (χ1) is 9.49. The molecule has 2 aromatic rings. The lowest BCUT2D eigenvalue weighted by atomic mass is 10.3. The van der Waals surface area contributed by atoms with Gasteiger partial charge in [-0.3, -0.25) is 4.72 Å². The first-order valence-corrected chi connectivity index (χ1v) is 8.19. The molecular formula is C13H15NO4S2. The number of hydrogen-bond acceptors (Lipinski definition) is 5. The Kier molecular flexibility index (Phi) is 4.32. The Hall–Kier alpha value is -1.57. The molecule has 0 amide bonds. The van der Waals surface area contributed by atoms with Crippen molar-refractivity contribution < 1.29 is 18.3 Å². The van der Waals surface area contributed by atoms with Gasteiger partial charge in [0, 0.05) is 0 Å². The molecule has 0 spiro atoms. The number of ether oxygens (including phenoxy) is 1. The van der Waals surface area contributed by atoms with Gasteiger partial charge in [-0.25, -0.2) is 8.42 Å². The van der Waals surface area contributed by atoms with E-state index >= 15 is 0 Å². The Morgan fingerprint density at radius 3 is 2.70 bits per heavy atom. The highest BCUT2D eigenvalue weighted by molar-refractivity contribution is 7.93. The normalized spacial score (nSPS) is 11.3.